The number of nitrogens with zero attached hydrogens (tertiary/aromatic N) is 1. The van der Waals surface area contributed by atoms with E-state index in [4.69, 9.17) is 27.9 Å². The molecule has 8 heteroatoms. The lowest BCUT2D eigenvalue weighted by molar-refractivity contribution is -0.124. The second kappa shape index (κ2) is 8.38. The van der Waals surface area contributed by atoms with Gasteiger partial charge in [-0.2, -0.15) is 0 Å². The van der Waals surface area contributed by atoms with Crippen LogP contribution in [0.15, 0.2) is 30.5 Å². The van der Waals surface area contributed by atoms with Crippen molar-refractivity contribution in [2.24, 2.45) is 7.05 Å². The maximum absolute atomic E-state index is 12.1. The van der Waals surface area contributed by atoms with E-state index in [1.54, 1.807) is 32.2 Å². The highest BCUT2D eigenvalue weighted by Crippen LogP contribution is 2.25. The van der Waals surface area contributed by atoms with E-state index in [-0.39, 0.29) is 17.5 Å². The highest BCUT2D eigenvalue weighted by atomic mass is 35.5. The molecule has 138 valence electrons. The Hall–Kier alpha value is -2.31. The Balaban J connectivity index is 1.92. The number of amides is 1. The number of ketones is 1. The predicted octanol–water partition coefficient (Wildman–Crippen LogP) is 3.57. The first kappa shape index (κ1) is 20.0. The van der Waals surface area contributed by atoms with E-state index < -0.39 is 18.5 Å². The molecule has 6 nitrogen and oxygen atoms in total. The quantitative estimate of drug-likeness (QED) is 0.597. The van der Waals surface area contributed by atoms with Gasteiger partial charge in [-0.15, -0.1) is 0 Å². The summed E-state index contributed by atoms with van der Waals surface area (Å²) in [6.45, 7) is 2.74. The molecule has 1 N–H and O–H groups in total. The van der Waals surface area contributed by atoms with Crippen molar-refractivity contribution in [3.63, 3.8) is 0 Å². The Morgan fingerprint density at radius 2 is 1.88 bits per heavy atom. The topological polar surface area (TPSA) is 77.4 Å². The smallest absolute Gasteiger partial charge is 0.355 e. The summed E-state index contributed by atoms with van der Waals surface area (Å²) < 4.78 is 6.49. The molecule has 0 unspecified atom stereocenters. The second-order valence-electron chi connectivity index (χ2n) is 5.82. The minimum atomic E-state index is -0.683. The Morgan fingerprint density at radius 1 is 1.19 bits per heavy atom. The van der Waals surface area contributed by atoms with Gasteiger partial charge in [0, 0.05) is 18.8 Å². The molecule has 2 aromatic rings. The van der Waals surface area contributed by atoms with Crippen LogP contribution in [0, 0.1) is 0 Å². The minimum absolute atomic E-state index is 0.159. The number of ether oxygens (including phenoxy) is 1. The van der Waals surface area contributed by atoms with Crippen LogP contribution in [0.2, 0.25) is 10.0 Å². The summed E-state index contributed by atoms with van der Waals surface area (Å²) in [4.78, 5) is 35.4. The fourth-order valence-corrected chi connectivity index (χ4v) is 2.62. The summed E-state index contributed by atoms with van der Waals surface area (Å²) in [5, 5.41) is 3.53. The van der Waals surface area contributed by atoms with Crippen molar-refractivity contribution in [1.29, 1.82) is 0 Å². The van der Waals surface area contributed by atoms with Gasteiger partial charge < -0.3 is 14.6 Å². The van der Waals surface area contributed by atoms with Crippen molar-refractivity contribution in [2.45, 2.75) is 19.9 Å². The van der Waals surface area contributed by atoms with Gasteiger partial charge >= 0.3 is 5.97 Å². The van der Waals surface area contributed by atoms with Crippen LogP contribution in [-0.2, 0) is 16.6 Å². The Bertz CT molecular complexity index is 861. The van der Waals surface area contributed by atoms with Gasteiger partial charge in [-0.1, -0.05) is 29.3 Å². The molecule has 0 spiro atoms. The monoisotopic (exact) mass is 396 g/mol. The molecule has 2 rings (SSSR count). The van der Waals surface area contributed by atoms with Crippen molar-refractivity contribution in [2.75, 3.05) is 6.61 Å². The molecular weight excluding hydrogens is 379 g/mol. The third-order valence-electron chi connectivity index (χ3n) is 3.78. The van der Waals surface area contributed by atoms with Gasteiger partial charge in [0.05, 0.1) is 16.1 Å². The molecule has 0 aliphatic heterocycles. The van der Waals surface area contributed by atoms with Crippen LogP contribution in [0.1, 0.15) is 46.3 Å². The summed E-state index contributed by atoms with van der Waals surface area (Å²) in [7, 11) is 1.62. The molecule has 0 aliphatic carbocycles. The van der Waals surface area contributed by atoms with Crippen LogP contribution >= 0.6 is 23.2 Å². The SMILES string of the molecule is CC(=O)c1cc(C(=O)OCC(=O)N[C@H](C)c2ccc(Cl)c(Cl)c2)n(C)c1. The van der Waals surface area contributed by atoms with E-state index in [2.05, 4.69) is 5.32 Å². The number of halogens is 2. The highest BCUT2D eigenvalue weighted by Gasteiger charge is 2.17. The minimum Gasteiger partial charge on any atom is -0.451 e. The molecule has 0 saturated heterocycles. The third-order valence-corrected chi connectivity index (χ3v) is 4.52. The van der Waals surface area contributed by atoms with E-state index in [9.17, 15) is 14.4 Å². The van der Waals surface area contributed by atoms with Crippen LogP contribution in [0.5, 0.6) is 0 Å². The summed E-state index contributed by atoms with van der Waals surface area (Å²) in [6, 6.07) is 6.15. The fraction of sp³-hybridized carbons (Fsp3) is 0.278. The number of hydrogen-bond acceptors (Lipinski definition) is 4. The van der Waals surface area contributed by atoms with Gasteiger partial charge in [-0.25, -0.2) is 4.79 Å². The maximum Gasteiger partial charge on any atom is 0.355 e. The highest BCUT2D eigenvalue weighted by molar-refractivity contribution is 6.42. The molecular formula is C18H18Cl2N2O4. The van der Waals surface area contributed by atoms with Crippen LogP contribution < -0.4 is 5.32 Å². The maximum atomic E-state index is 12.1. The molecule has 26 heavy (non-hydrogen) atoms. The van der Waals surface area contributed by atoms with Gasteiger partial charge in [-0.3, -0.25) is 9.59 Å². The van der Waals surface area contributed by atoms with Crippen molar-refractivity contribution >= 4 is 40.9 Å². The van der Waals surface area contributed by atoms with Crippen LogP contribution in [0.3, 0.4) is 0 Å². The number of nitrogens with one attached hydrogen (secondary N) is 1. The number of aryl methyl sites for hydroxylation is 1. The van der Waals surface area contributed by atoms with Gasteiger partial charge in [0.2, 0.25) is 0 Å². The number of carbonyl (C=O) groups excluding carboxylic acids is 3. The zero-order valence-corrected chi connectivity index (χ0v) is 16.0. The summed E-state index contributed by atoms with van der Waals surface area (Å²) in [6.07, 6.45) is 1.53. The van der Waals surface area contributed by atoms with Crippen LogP contribution in [0.4, 0.5) is 0 Å². The normalized spacial score (nSPS) is 11.7. The molecule has 1 atom stereocenters. The standard InChI is InChI=1S/C18H18Cl2N2O4/c1-10(12-4-5-14(19)15(20)6-12)21-17(24)9-26-18(25)16-7-13(11(2)23)8-22(16)3/h4-8,10H,9H2,1-3H3,(H,21,24)/t10-/m1/s1. The number of hydrogen-bond donors (Lipinski definition) is 1. The Labute approximate surface area is 161 Å². The lowest BCUT2D eigenvalue weighted by Gasteiger charge is -2.15. The first-order chi connectivity index (χ1) is 12.2. The number of esters is 1. The van der Waals surface area contributed by atoms with E-state index in [0.29, 0.717) is 15.6 Å². The van der Waals surface area contributed by atoms with Gasteiger partial charge in [0.15, 0.2) is 12.4 Å². The number of carbonyl (C=O) groups is 3. The van der Waals surface area contributed by atoms with Crippen molar-refractivity contribution in [3.05, 3.63) is 57.3 Å². The first-order valence-electron chi connectivity index (χ1n) is 7.77. The Kier molecular flexibility index (Phi) is 6.45. The molecule has 0 bridgehead atoms. The van der Waals surface area contributed by atoms with Crippen molar-refractivity contribution in [3.8, 4) is 0 Å². The van der Waals surface area contributed by atoms with Gasteiger partial charge in [0.1, 0.15) is 5.69 Å². The lowest BCUT2D eigenvalue weighted by atomic mass is 10.1. The summed E-state index contributed by atoms with van der Waals surface area (Å²) >= 11 is 11.8. The number of Topliss-reactive ketones (excluding diaryl/α,β-unsaturated/α-hetero) is 1. The average Bonchev–Trinajstić information content (AvgIpc) is 2.97. The van der Waals surface area contributed by atoms with E-state index in [1.165, 1.54) is 23.8 Å². The zero-order valence-electron chi connectivity index (χ0n) is 14.5. The Morgan fingerprint density at radius 3 is 2.46 bits per heavy atom. The van der Waals surface area contributed by atoms with E-state index in [0.717, 1.165) is 5.56 Å². The predicted molar refractivity (Wildman–Crippen MR) is 98.7 cm³/mol. The second-order valence-corrected chi connectivity index (χ2v) is 6.63. The molecule has 1 amide bonds. The van der Waals surface area contributed by atoms with E-state index in [1.807, 2.05) is 0 Å². The molecule has 0 fully saturated rings. The van der Waals surface area contributed by atoms with Crippen molar-refractivity contribution in [1.82, 2.24) is 9.88 Å². The third kappa shape index (κ3) is 4.86. The number of aromatic nitrogens is 1. The van der Waals surface area contributed by atoms with Crippen LogP contribution in [0.25, 0.3) is 0 Å². The zero-order chi connectivity index (χ0) is 19.4. The fourth-order valence-electron chi connectivity index (χ4n) is 2.31. The van der Waals surface area contributed by atoms with E-state index >= 15 is 0 Å². The average molecular weight is 397 g/mol. The molecule has 1 aromatic heterocycles. The van der Waals surface area contributed by atoms with Gasteiger partial charge in [0.25, 0.3) is 5.91 Å². The molecule has 1 aromatic carbocycles. The lowest BCUT2D eigenvalue weighted by Crippen LogP contribution is -2.31. The number of benzene rings is 1. The van der Waals surface area contributed by atoms with Crippen molar-refractivity contribution < 1.29 is 19.1 Å². The largest absolute Gasteiger partial charge is 0.451 e. The number of rotatable bonds is 6. The molecule has 1 heterocycles. The summed E-state index contributed by atoms with van der Waals surface area (Å²) in [5.74, 6) is -1.30. The molecule has 0 saturated carbocycles. The first-order valence-corrected chi connectivity index (χ1v) is 8.53. The van der Waals surface area contributed by atoms with Gasteiger partial charge in [-0.05, 0) is 37.6 Å². The van der Waals surface area contributed by atoms with Crippen LogP contribution in [-0.4, -0.2) is 28.8 Å². The summed E-state index contributed by atoms with van der Waals surface area (Å²) in [5.41, 5.74) is 1.37. The molecule has 0 aliphatic rings. The molecule has 0 radical (unpaired) electrons.